The fraction of sp³-hybridized carbons (Fsp3) is 0.952. The molecule has 0 aliphatic carbocycles. The van der Waals surface area contributed by atoms with Gasteiger partial charge < -0.3 is 20.4 Å². The fourth-order valence-electron chi connectivity index (χ4n) is 3.37. The minimum Gasteiger partial charge on any atom is -0.481 e. The molecule has 0 aliphatic heterocycles. The van der Waals surface area contributed by atoms with E-state index in [9.17, 15) is 9.90 Å². The summed E-state index contributed by atoms with van der Waals surface area (Å²) in [5.41, 5.74) is 0. The van der Waals surface area contributed by atoms with Gasteiger partial charge in [-0.05, 0) is 19.3 Å². The highest BCUT2D eigenvalue weighted by Crippen LogP contribution is 2.18. The van der Waals surface area contributed by atoms with Gasteiger partial charge in [0, 0.05) is 6.61 Å². The van der Waals surface area contributed by atoms with Crippen LogP contribution < -0.4 is 0 Å². The van der Waals surface area contributed by atoms with Crippen molar-refractivity contribution in [2.75, 3.05) is 13.2 Å². The molecule has 0 aliphatic rings. The molecule has 0 aromatic carbocycles. The number of unbranched alkanes of at least 4 members (excludes halogenated alkanes) is 13. The second-order valence-electron chi connectivity index (χ2n) is 7.57. The Hall–Kier alpha value is -0.650. The number of carboxylic acid groups (broad SMARTS) is 1. The second-order valence-corrected chi connectivity index (χ2v) is 7.57. The average Bonchev–Trinajstić information content (AvgIpc) is 2.63. The normalized spacial score (nSPS) is 13.7. The molecule has 0 saturated heterocycles. The van der Waals surface area contributed by atoms with E-state index >= 15 is 0 Å². The fourth-order valence-corrected chi connectivity index (χ4v) is 3.37. The van der Waals surface area contributed by atoms with Crippen LogP contribution in [0.3, 0.4) is 0 Å². The van der Waals surface area contributed by atoms with E-state index in [0.717, 1.165) is 32.1 Å². The lowest BCUT2D eigenvalue weighted by Gasteiger charge is -2.15. The quantitative estimate of drug-likeness (QED) is 0.239. The van der Waals surface area contributed by atoms with Crippen LogP contribution in [-0.4, -0.2) is 45.7 Å². The largest absolute Gasteiger partial charge is 0.481 e. The van der Waals surface area contributed by atoms with Crippen molar-refractivity contribution in [3.05, 3.63) is 0 Å². The van der Waals surface area contributed by atoms with Gasteiger partial charge in [0.05, 0.1) is 18.6 Å². The maximum absolute atomic E-state index is 11.1. The van der Waals surface area contributed by atoms with Gasteiger partial charge in [-0.1, -0.05) is 83.5 Å². The van der Waals surface area contributed by atoms with Gasteiger partial charge in [0.1, 0.15) is 0 Å². The lowest BCUT2D eigenvalue weighted by atomic mass is 9.94. The zero-order chi connectivity index (χ0) is 19.5. The maximum atomic E-state index is 11.1. The summed E-state index contributed by atoms with van der Waals surface area (Å²) in [7, 11) is 0. The van der Waals surface area contributed by atoms with Gasteiger partial charge >= 0.3 is 5.97 Å². The summed E-state index contributed by atoms with van der Waals surface area (Å²) in [6.07, 6.45) is 16.6. The van der Waals surface area contributed by atoms with E-state index in [1.807, 2.05) is 0 Å². The molecule has 0 saturated carbocycles. The Balaban J connectivity index is 3.33. The number of rotatable bonds is 20. The standard InChI is InChI=1S/C21H42O5/c22-16-14-12-10-8-6-4-2-1-3-5-7-9-11-13-15-19(21(25)26)17-20(24)18-23/h19-20,22-24H,1-18H2,(H,25,26). The van der Waals surface area contributed by atoms with E-state index in [0.29, 0.717) is 13.0 Å². The molecule has 2 unspecified atom stereocenters. The molecule has 0 heterocycles. The first kappa shape index (κ1) is 25.4. The van der Waals surface area contributed by atoms with Crippen molar-refractivity contribution in [1.29, 1.82) is 0 Å². The van der Waals surface area contributed by atoms with Crippen LogP contribution in [0.25, 0.3) is 0 Å². The number of aliphatic hydroxyl groups excluding tert-OH is 3. The lowest BCUT2D eigenvalue weighted by Crippen LogP contribution is -2.23. The van der Waals surface area contributed by atoms with Crippen LogP contribution in [-0.2, 0) is 4.79 Å². The van der Waals surface area contributed by atoms with Crippen LogP contribution >= 0.6 is 0 Å². The summed E-state index contributed by atoms with van der Waals surface area (Å²) in [6, 6.07) is 0. The third-order valence-electron chi connectivity index (χ3n) is 5.08. The number of hydrogen-bond acceptors (Lipinski definition) is 4. The second kappa shape index (κ2) is 19.1. The van der Waals surface area contributed by atoms with Crippen molar-refractivity contribution < 1.29 is 25.2 Å². The van der Waals surface area contributed by atoms with Crippen molar-refractivity contribution >= 4 is 5.97 Å². The molecule has 26 heavy (non-hydrogen) atoms. The maximum Gasteiger partial charge on any atom is 0.306 e. The van der Waals surface area contributed by atoms with E-state index in [4.69, 9.17) is 15.3 Å². The number of aliphatic hydroxyl groups is 3. The minimum atomic E-state index is -0.920. The van der Waals surface area contributed by atoms with E-state index < -0.39 is 18.0 Å². The first-order valence-electron chi connectivity index (χ1n) is 10.7. The molecular weight excluding hydrogens is 332 g/mol. The van der Waals surface area contributed by atoms with Crippen LogP contribution in [0, 0.1) is 5.92 Å². The van der Waals surface area contributed by atoms with Gasteiger partial charge in [0.25, 0.3) is 0 Å². The molecule has 0 spiro atoms. The minimum absolute atomic E-state index is 0.146. The molecule has 0 rings (SSSR count). The van der Waals surface area contributed by atoms with Crippen molar-refractivity contribution in [3.8, 4) is 0 Å². The van der Waals surface area contributed by atoms with E-state index in [1.165, 1.54) is 57.8 Å². The molecule has 0 bridgehead atoms. The van der Waals surface area contributed by atoms with Gasteiger partial charge in [-0.15, -0.1) is 0 Å². The van der Waals surface area contributed by atoms with Crippen LogP contribution in [0.15, 0.2) is 0 Å². The summed E-state index contributed by atoms with van der Waals surface area (Å²) >= 11 is 0. The smallest absolute Gasteiger partial charge is 0.306 e. The SMILES string of the molecule is O=C(O)C(CCCCCCCCCCCCCCCCO)CC(O)CO. The Morgan fingerprint density at radius 3 is 1.38 bits per heavy atom. The Morgan fingerprint density at radius 2 is 1.04 bits per heavy atom. The summed E-state index contributed by atoms with van der Waals surface area (Å²) in [5.74, 6) is -1.41. The van der Waals surface area contributed by atoms with Crippen molar-refractivity contribution in [2.24, 2.45) is 5.92 Å². The summed E-state index contributed by atoms with van der Waals surface area (Å²) in [5, 5.41) is 36.0. The molecular formula is C21H42O5. The molecule has 0 fully saturated rings. The lowest BCUT2D eigenvalue weighted by molar-refractivity contribution is -0.143. The van der Waals surface area contributed by atoms with Crippen LogP contribution in [0.2, 0.25) is 0 Å². The molecule has 4 N–H and O–H groups in total. The van der Waals surface area contributed by atoms with E-state index in [2.05, 4.69) is 0 Å². The van der Waals surface area contributed by atoms with Crippen molar-refractivity contribution in [3.63, 3.8) is 0 Å². The Labute approximate surface area is 159 Å². The summed E-state index contributed by atoms with van der Waals surface area (Å²) in [4.78, 5) is 11.1. The average molecular weight is 375 g/mol. The van der Waals surface area contributed by atoms with Crippen LogP contribution in [0.5, 0.6) is 0 Å². The van der Waals surface area contributed by atoms with Crippen molar-refractivity contribution in [2.45, 2.75) is 109 Å². The Morgan fingerprint density at radius 1 is 0.654 bits per heavy atom. The molecule has 5 nitrogen and oxygen atoms in total. The highest BCUT2D eigenvalue weighted by atomic mass is 16.4. The van der Waals surface area contributed by atoms with Gasteiger partial charge in [0.2, 0.25) is 0 Å². The molecule has 0 aromatic rings. The molecule has 2 atom stereocenters. The molecule has 5 heteroatoms. The first-order valence-corrected chi connectivity index (χ1v) is 10.7. The third-order valence-corrected chi connectivity index (χ3v) is 5.08. The van der Waals surface area contributed by atoms with E-state index in [1.54, 1.807) is 0 Å². The zero-order valence-electron chi connectivity index (χ0n) is 16.6. The Kier molecular flexibility index (Phi) is 18.6. The molecule has 0 amide bonds. The van der Waals surface area contributed by atoms with Crippen LogP contribution in [0.4, 0.5) is 0 Å². The predicted octanol–water partition coefficient (Wildman–Crippen LogP) is 4.27. The highest BCUT2D eigenvalue weighted by Gasteiger charge is 2.20. The van der Waals surface area contributed by atoms with Crippen molar-refractivity contribution in [1.82, 2.24) is 0 Å². The van der Waals surface area contributed by atoms with Crippen LogP contribution in [0.1, 0.15) is 103 Å². The number of carbonyl (C=O) groups is 1. The molecule has 0 radical (unpaired) electrons. The summed E-state index contributed by atoms with van der Waals surface area (Å²) < 4.78 is 0. The Bertz CT molecular complexity index is 309. The topological polar surface area (TPSA) is 98.0 Å². The molecule has 0 aromatic heterocycles. The zero-order valence-corrected chi connectivity index (χ0v) is 16.6. The highest BCUT2D eigenvalue weighted by molar-refractivity contribution is 5.69. The van der Waals surface area contributed by atoms with E-state index in [-0.39, 0.29) is 13.0 Å². The van der Waals surface area contributed by atoms with Gasteiger partial charge in [0.15, 0.2) is 0 Å². The van der Waals surface area contributed by atoms with Gasteiger partial charge in [-0.2, -0.15) is 0 Å². The third kappa shape index (κ3) is 16.8. The predicted molar refractivity (Wildman–Crippen MR) is 105 cm³/mol. The monoisotopic (exact) mass is 374 g/mol. The first-order chi connectivity index (χ1) is 12.6. The summed E-state index contributed by atoms with van der Waals surface area (Å²) in [6.45, 7) is -0.0412. The van der Waals surface area contributed by atoms with Gasteiger partial charge in [-0.25, -0.2) is 0 Å². The number of carboxylic acids is 1. The molecule has 156 valence electrons. The number of aliphatic carboxylic acids is 1. The number of hydrogen-bond donors (Lipinski definition) is 4. The van der Waals surface area contributed by atoms with Gasteiger partial charge in [-0.3, -0.25) is 4.79 Å².